The zero-order valence-corrected chi connectivity index (χ0v) is 13.6. The van der Waals surface area contributed by atoms with Crippen LogP contribution in [0.3, 0.4) is 0 Å². The zero-order valence-electron chi connectivity index (χ0n) is 13.6. The van der Waals surface area contributed by atoms with Crippen LogP contribution in [0.15, 0.2) is 42.7 Å². The maximum Gasteiger partial charge on any atom is 0.0647 e. The molecule has 0 fully saturated rings. The first kappa shape index (κ1) is 15.6. The molecule has 1 aromatic carbocycles. The molecule has 0 atom stereocenters. The lowest BCUT2D eigenvalue weighted by molar-refractivity contribution is 0.442. The van der Waals surface area contributed by atoms with Crippen LogP contribution >= 0.6 is 0 Å². The van der Waals surface area contributed by atoms with Crippen LogP contribution in [0.25, 0.3) is 5.69 Å². The van der Waals surface area contributed by atoms with Gasteiger partial charge in [0.25, 0.3) is 0 Å². The second-order valence-electron chi connectivity index (χ2n) is 6.60. The van der Waals surface area contributed by atoms with Gasteiger partial charge in [-0.1, -0.05) is 27.7 Å². The molecular weight excluding hydrogens is 258 g/mol. The van der Waals surface area contributed by atoms with E-state index in [4.69, 9.17) is 0 Å². The lowest BCUT2D eigenvalue weighted by Gasteiger charge is -2.23. The Labute approximate surface area is 128 Å². The number of rotatable bonds is 7. The highest BCUT2D eigenvalue weighted by atomic mass is 15.3. The van der Waals surface area contributed by atoms with Crippen molar-refractivity contribution in [1.82, 2.24) is 9.78 Å². The fourth-order valence-electron chi connectivity index (χ4n) is 2.72. The van der Waals surface area contributed by atoms with Crippen LogP contribution in [0.1, 0.15) is 40.5 Å². The lowest BCUT2D eigenvalue weighted by Crippen LogP contribution is -2.23. The summed E-state index contributed by atoms with van der Waals surface area (Å²) in [6.07, 6.45) is 6.18. The molecule has 0 radical (unpaired) electrons. The Morgan fingerprint density at radius 3 is 2.10 bits per heavy atom. The molecule has 1 aromatic heterocycles. The maximum atomic E-state index is 4.25. The Hall–Kier alpha value is -1.77. The van der Waals surface area contributed by atoms with E-state index in [9.17, 15) is 0 Å². The van der Waals surface area contributed by atoms with Gasteiger partial charge in [-0.25, -0.2) is 4.68 Å². The maximum absolute atomic E-state index is 4.25. The van der Waals surface area contributed by atoms with Crippen LogP contribution in [-0.4, -0.2) is 15.8 Å². The number of hydrogen-bond donors (Lipinski definition) is 1. The van der Waals surface area contributed by atoms with Crippen molar-refractivity contribution < 1.29 is 0 Å². The predicted octanol–water partition coefficient (Wildman–Crippen LogP) is 4.75. The molecule has 0 aliphatic carbocycles. The Morgan fingerprint density at radius 1 is 1.00 bits per heavy atom. The Balaban J connectivity index is 2.03. The number of nitrogens with zero attached hydrogens (tertiary/aromatic N) is 2. The van der Waals surface area contributed by atoms with Gasteiger partial charge in [-0.2, -0.15) is 5.10 Å². The van der Waals surface area contributed by atoms with E-state index in [2.05, 4.69) is 62.4 Å². The van der Waals surface area contributed by atoms with E-state index in [0.29, 0.717) is 17.9 Å². The van der Waals surface area contributed by atoms with Crippen LogP contribution in [-0.2, 0) is 0 Å². The van der Waals surface area contributed by atoms with Gasteiger partial charge in [-0.3, -0.25) is 0 Å². The molecule has 0 saturated carbocycles. The van der Waals surface area contributed by atoms with Gasteiger partial charge in [0.2, 0.25) is 0 Å². The highest BCUT2D eigenvalue weighted by Gasteiger charge is 2.12. The average Bonchev–Trinajstić information content (AvgIpc) is 2.91. The molecule has 0 saturated heterocycles. The lowest BCUT2D eigenvalue weighted by atomic mass is 9.95. The van der Waals surface area contributed by atoms with E-state index < -0.39 is 0 Å². The first-order valence-corrected chi connectivity index (χ1v) is 7.91. The number of hydrogen-bond acceptors (Lipinski definition) is 2. The highest BCUT2D eigenvalue weighted by Crippen LogP contribution is 2.20. The highest BCUT2D eigenvalue weighted by molar-refractivity contribution is 5.49. The fraction of sp³-hybridized carbons (Fsp3) is 0.500. The number of anilines is 1. The van der Waals surface area contributed by atoms with Crippen molar-refractivity contribution in [3.05, 3.63) is 42.7 Å². The van der Waals surface area contributed by atoms with Crippen molar-refractivity contribution in [3.8, 4) is 5.69 Å². The summed E-state index contributed by atoms with van der Waals surface area (Å²) in [5.74, 6) is 1.43. The van der Waals surface area contributed by atoms with Crippen molar-refractivity contribution in [2.45, 2.75) is 46.6 Å². The van der Waals surface area contributed by atoms with Crippen molar-refractivity contribution in [1.29, 1.82) is 0 Å². The third-order valence-electron chi connectivity index (χ3n) is 3.52. The third kappa shape index (κ3) is 4.92. The van der Waals surface area contributed by atoms with Gasteiger partial charge in [0.05, 0.1) is 5.69 Å². The Morgan fingerprint density at radius 2 is 1.62 bits per heavy atom. The summed E-state index contributed by atoms with van der Waals surface area (Å²) < 4.78 is 1.88. The summed E-state index contributed by atoms with van der Waals surface area (Å²) in [6.45, 7) is 9.15. The number of aromatic nitrogens is 2. The monoisotopic (exact) mass is 285 g/mol. The first-order chi connectivity index (χ1) is 10.0. The predicted molar refractivity (Wildman–Crippen MR) is 89.9 cm³/mol. The molecule has 3 heteroatoms. The van der Waals surface area contributed by atoms with Crippen molar-refractivity contribution >= 4 is 5.69 Å². The van der Waals surface area contributed by atoms with Crippen molar-refractivity contribution in [2.75, 3.05) is 5.32 Å². The van der Waals surface area contributed by atoms with Gasteiger partial charge in [-0.05, 0) is 55.0 Å². The van der Waals surface area contributed by atoms with Gasteiger partial charge in [0.15, 0.2) is 0 Å². The summed E-state index contributed by atoms with van der Waals surface area (Å²) in [6, 6.07) is 11.0. The summed E-state index contributed by atoms with van der Waals surface area (Å²) >= 11 is 0. The van der Waals surface area contributed by atoms with Gasteiger partial charge in [0, 0.05) is 24.1 Å². The SMILES string of the molecule is CC(C)CC(CC(C)C)Nc1ccc(-n2cccn2)cc1. The van der Waals surface area contributed by atoms with Gasteiger partial charge in [-0.15, -0.1) is 0 Å². The largest absolute Gasteiger partial charge is 0.382 e. The minimum absolute atomic E-state index is 0.542. The molecule has 114 valence electrons. The quantitative estimate of drug-likeness (QED) is 0.796. The summed E-state index contributed by atoms with van der Waals surface area (Å²) in [7, 11) is 0. The minimum Gasteiger partial charge on any atom is -0.382 e. The second-order valence-corrected chi connectivity index (χ2v) is 6.60. The van der Waals surface area contributed by atoms with E-state index in [0.717, 1.165) is 5.69 Å². The molecule has 2 aromatic rings. The minimum atomic E-state index is 0.542. The molecule has 3 nitrogen and oxygen atoms in total. The Bertz CT molecular complexity index is 502. The second kappa shape index (κ2) is 7.30. The van der Waals surface area contributed by atoms with Crippen LogP contribution < -0.4 is 5.32 Å². The van der Waals surface area contributed by atoms with Crippen LogP contribution in [0.5, 0.6) is 0 Å². The molecule has 0 bridgehead atoms. The van der Waals surface area contributed by atoms with Gasteiger partial charge >= 0.3 is 0 Å². The molecule has 0 unspecified atom stereocenters. The molecule has 1 N–H and O–H groups in total. The molecule has 2 rings (SSSR count). The smallest absolute Gasteiger partial charge is 0.0647 e. The standard InChI is InChI=1S/C18H27N3/c1-14(2)12-17(13-15(3)4)20-16-6-8-18(9-7-16)21-11-5-10-19-21/h5-11,14-15,17,20H,12-13H2,1-4H3. The third-order valence-corrected chi connectivity index (χ3v) is 3.52. The molecular formula is C18H27N3. The zero-order chi connectivity index (χ0) is 15.2. The topological polar surface area (TPSA) is 29.9 Å². The molecule has 1 heterocycles. The summed E-state index contributed by atoms with van der Waals surface area (Å²) in [4.78, 5) is 0. The molecule has 0 spiro atoms. The van der Waals surface area contributed by atoms with Crippen LogP contribution in [0.2, 0.25) is 0 Å². The first-order valence-electron chi connectivity index (χ1n) is 7.91. The molecule has 21 heavy (non-hydrogen) atoms. The van der Waals surface area contributed by atoms with Crippen LogP contribution in [0.4, 0.5) is 5.69 Å². The number of nitrogens with one attached hydrogen (secondary N) is 1. The molecule has 0 aliphatic heterocycles. The van der Waals surface area contributed by atoms with Crippen molar-refractivity contribution in [3.63, 3.8) is 0 Å². The summed E-state index contributed by atoms with van der Waals surface area (Å²) in [5.41, 5.74) is 2.28. The van der Waals surface area contributed by atoms with Crippen LogP contribution in [0, 0.1) is 11.8 Å². The van der Waals surface area contributed by atoms with E-state index in [1.165, 1.54) is 18.5 Å². The average molecular weight is 285 g/mol. The van der Waals surface area contributed by atoms with E-state index in [-0.39, 0.29) is 0 Å². The van der Waals surface area contributed by atoms with Gasteiger partial charge < -0.3 is 5.32 Å². The molecule has 0 aliphatic rings. The van der Waals surface area contributed by atoms with E-state index in [1.54, 1.807) is 6.20 Å². The fourth-order valence-corrected chi connectivity index (χ4v) is 2.72. The normalized spacial score (nSPS) is 11.6. The molecule has 0 amide bonds. The Kier molecular flexibility index (Phi) is 5.43. The van der Waals surface area contributed by atoms with Crippen molar-refractivity contribution in [2.24, 2.45) is 11.8 Å². The summed E-state index contributed by atoms with van der Waals surface area (Å²) in [5, 5.41) is 7.94. The van der Waals surface area contributed by atoms with E-state index in [1.807, 2.05) is 16.9 Å². The van der Waals surface area contributed by atoms with Gasteiger partial charge in [0.1, 0.15) is 0 Å². The number of benzene rings is 1. The van der Waals surface area contributed by atoms with E-state index >= 15 is 0 Å².